The van der Waals surface area contributed by atoms with Gasteiger partial charge in [-0.25, -0.2) is 14.8 Å². The van der Waals surface area contributed by atoms with Gasteiger partial charge in [0, 0.05) is 6.20 Å². The van der Waals surface area contributed by atoms with Crippen LogP contribution in [0.15, 0.2) is 30.7 Å². The second-order valence-electron chi connectivity index (χ2n) is 4.15. The molecular weight excluding hydrogens is 256 g/mol. The van der Waals surface area contributed by atoms with E-state index < -0.39 is 5.97 Å². The van der Waals surface area contributed by atoms with E-state index in [4.69, 9.17) is 10.4 Å². The minimum atomic E-state index is -1.08. The number of nitrogens with zero attached hydrogens (tertiary/aromatic N) is 3. The number of anilines is 1. The number of nitrogens with one attached hydrogen (secondary N) is 1. The molecule has 0 saturated carbocycles. The van der Waals surface area contributed by atoms with E-state index in [2.05, 4.69) is 21.4 Å². The smallest absolute Gasteiger partial charge is 0.339 e. The summed E-state index contributed by atoms with van der Waals surface area (Å²) in [6, 6.07) is 7.57. The molecule has 2 rings (SSSR count). The number of aromatic nitrogens is 2. The molecule has 6 nitrogen and oxygen atoms in total. The first-order chi connectivity index (χ1) is 9.63. The van der Waals surface area contributed by atoms with Gasteiger partial charge in [0.2, 0.25) is 0 Å². The van der Waals surface area contributed by atoms with Crippen LogP contribution in [-0.4, -0.2) is 21.0 Å². The van der Waals surface area contributed by atoms with Crippen molar-refractivity contribution in [1.82, 2.24) is 9.97 Å². The molecule has 0 aliphatic heterocycles. The largest absolute Gasteiger partial charge is 0.478 e. The van der Waals surface area contributed by atoms with Gasteiger partial charge < -0.3 is 10.4 Å². The second kappa shape index (κ2) is 5.80. The Hall–Kier alpha value is -2.94. The number of aryl methyl sites for hydroxylation is 1. The Morgan fingerprint density at radius 2 is 2.30 bits per heavy atom. The molecule has 1 heterocycles. The molecule has 6 heteroatoms. The van der Waals surface area contributed by atoms with Crippen molar-refractivity contribution in [3.05, 3.63) is 53.1 Å². The lowest BCUT2D eigenvalue weighted by molar-refractivity contribution is 0.0694. The van der Waals surface area contributed by atoms with E-state index >= 15 is 0 Å². The molecule has 0 spiro atoms. The molecule has 0 saturated heterocycles. The summed E-state index contributed by atoms with van der Waals surface area (Å²) in [6.45, 7) is 2.05. The Kier molecular flexibility index (Phi) is 3.91. The zero-order chi connectivity index (χ0) is 14.5. The number of nitriles is 1. The maximum atomic E-state index is 11.1. The topological polar surface area (TPSA) is 98.9 Å². The number of hydrogen-bond acceptors (Lipinski definition) is 5. The molecule has 1 aromatic carbocycles. The summed E-state index contributed by atoms with van der Waals surface area (Å²) >= 11 is 0. The van der Waals surface area contributed by atoms with Crippen LogP contribution < -0.4 is 5.32 Å². The van der Waals surface area contributed by atoms with Gasteiger partial charge in [0.25, 0.3) is 0 Å². The highest BCUT2D eigenvalue weighted by Crippen LogP contribution is 2.19. The number of benzene rings is 1. The van der Waals surface area contributed by atoms with Crippen molar-refractivity contribution >= 4 is 11.7 Å². The maximum absolute atomic E-state index is 11.1. The lowest BCUT2D eigenvalue weighted by Gasteiger charge is -2.10. The van der Waals surface area contributed by atoms with Crippen LogP contribution in [0.2, 0.25) is 0 Å². The predicted molar refractivity (Wildman–Crippen MR) is 72.2 cm³/mol. The normalized spacial score (nSPS) is 9.80. The fourth-order valence-corrected chi connectivity index (χ4v) is 1.82. The third-order valence-electron chi connectivity index (χ3n) is 2.86. The van der Waals surface area contributed by atoms with E-state index in [9.17, 15) is 4.79 Å². The quantitative estimate of drug-likeness (QED) is 0.879. The molecule has 0 bridgehead atoms. The van der Waals surface area contributed by atoms with Gasteiger partial charge in [-0.1, -0.05) is 12.1 Å². The number of carbonyl (C=O) groups is 1. The van der Waals surface area contributed by atoms with E-state index in [1.807, 2.05) is 19.1 Å². The van der Waals surface area contributed by atoms with E-state index in [1.54, 1.807) is 6.07 Å². The van der Waals surface area contributed by atoms with Gasteiger partial charge in [0.15, 0.2) is 0 Å². The Morgan fingerprint density at radius 1 is 1.50 bits per heavy atom. The summed E-state index contributed by atoms with van der Waals surface area (Å²) < 4.78 is 0. The van der Waals surface area contributed by atoms with Crippen molar-refractivity contribution in [3.63, 3.8) is 0 Å². The van der Waals surface area contributed by atoms with E-state index in [0.717, 1.165) is 5.56 Å². The van der Waals surface area contributed by atoms with Crippen LogP contribution in [0.3, 0.4) is 0 Å². The molecule has 0 radical (unpaired) electrons. The fourth-order valence-electron chi connectivity index (χ4n) is 1.82. The molecule has 0 atom stereocenters. The van der Waals surface area contributed by atoms with E-state index in [0.29, 0.717) is 16.9 Å². The van der Waals surface area contributed by atoms with Crippen LogP contribution in [0.25, 0.3) is 0 Å². The Bertz CT molecular complexity index is 692. The van der Waals surface area contributed by atoms with Crippen LogP contribution in [0, 0.1) is 18.3 Å². The highest BCUT2D eigenvalue weighted by Gasteiger charge is 2.12. The van der Waals surface area contributed by atoms with Gasteiger partial charge in [-0.15, -0.1) is 0 Å². The first-order valence-electron chi connectivity index (χ1n) is 5.89. The average Bonchev–Trinajstić information content (AvgIpc) is 2.45. The maximum Gasteiger partial charge on any atom is 0.339 e. The zero-order valence-corrected chi connectivity index (χ0v) is 10.8. The summed E-state index contributed by atoms with van der Waals surface area (Å²) in [5, 5.41) is 21.2. The van der Waals surface area contributed by atoms with E-state index in [-0.39, 0.29) is 12.1 Å². The van der Waals surface area contributed by atoms with Crippen LogP contribution in [0.5, 0.6) is 0 Å². The third-order valence-corrected chi connectivity index (χ3v) is 2.86. The minimum Gasteiger partial charge on any atom is -0.478 e. The summed E-state index contributed by atoms with van der Waals surface area (Å²) in [5.41, 5.74) is 2.48. The fraction of sp³-hybridized carbons (Fsp3) is 0.143. The summed E-state index contributed by atoms with van der Waals surface area (Å²) in [4.78, 5) is 18.7. The first kappa shape index (κ1) is 13.5. The Morgan fingerprint density at radius 3 is 3.00 bits per heavy atom. The third kappa shape index (κ3) is 2.72. The van der Waals surface area contributed by atoms with Gasteiger partial charge in [-0.3, -0.25) is 0 Å². The summed E-state index contributed by atoms with van der Waals surface area (Å²) in [6.07, 6.45) is 2.55. The van der Waals surface area contributed by atoms with Crippen molar-refractivity contribution in [2.75, 3.05) is 5.32 Å². The van der Waals surface area contributed by atoms with E-state index in [1.165, 1.54) is 12.5 Å². The van der Waals surface area contributed by atoms with Crippen LogP contribution in [0.4, 0.5) is 5.69 Å². The monoisotopic (exact) mass is 268 g/mol. The van der Waals surface area contributed by atoms with Gasteiger partial charge in [-0.05, 0) is 18.6 Å². The molecule has 0 fully saturated rings. The lowest BCUT2D eigenvalue weighted by atomic mass is 10.1. The first-order valence-corrected chi connectivity index (χ1v) is 5.89. The summed E-state index contributed by atoms with van der Waals surface area (Å²) in [5.74, 6) is -1.08. The molecule has 0 aliphatic rings. The van der Waals surface area contributed by atoms with Crippen molar-refractivity contribution in [1.29, 1.82) is 5.26 Å². The second-order valence-corrected chi connectivity index (χ2v) is 4.15. The number of rotatable bonds is 4. The van der Waals surface area contributed by atoms with Gasteiger partial charge in [0.1, 0.15) is 18.0 Å². The molecule has 0 aliphatic carbocycles. The molecular formula is C14H12N4O2. The van der Waals surface area contributed by atoms with Crippen molar-refractivity contribution in [2.45, 2.75) is 13.5 Å². The lowest BCUT2D eigenvalue weighted by Crippen LogP contribution is -2.10. The summed E-state index contributed by atoms with van der Waals surface area (Å²) in [7, 11) is 0. The highest BCUT2D eigenvalue weighted by molar-refractivity contribution is 5.88. The predicted octanol–water partition coefficient (Wildman–Crippen LogP) is 1.97. The molecule has 2 aromatic rings. The van der Waals surface area contributed by atoms with Gasteiger partial charge in [-0.2, -0.15) is 5.26 Å². The number of carboxylic acid groups (broad SMARTS) is 1. The molecule has 2 N–H and O–H groups in total. The standard InChI is InChI=1S/C14H12N4O2/c1-9-3-2-4-12(10(9)5-15)17-7-13-11(14(19)20)6-16-8-18-13/h2-4,6,8,17H,7H2,1H3,(H,19,20). The van der Waals surface area contributed by atoms with Crippen molar-refractivity contribution in [3.8, 4) is 6.07 Å². The number of hydrogen-bond donors (Lipinski definition) is 2. The average molecular weight is 268 g/mol. The zero-order valence-electron chi connectivity index (χ0n) is 10.8. The number of carboxylic acids is 1. The molecule has 1 aromatic heterocycles. The Balaban J connectivity index is 2.24. The van der Waals surface area contributed by atoms with Gasteiger partial charge >= 0.3 is 5.97 Å². The highest BCUT2D eigenvalue weighted by atomic mass is 16.4. The number of aromatic carboxylic acids is 1. The van der Waals surface area contributed by atoms with Gasteiger partial charge in [0.05, 0.1) is 23.5 Å². The molecule has 20 heavy (non-hydrogen) atoms. The van der Waals surface area contributed by atoms with Crippen LogP contribution in [0.1, 0.15) is 27.2 Å². The van der Waals surface area contributed by atoms with Crippen LogP contribution in [-0.2, 0) is 6.54 Å². The SMILES string of the molecule is Cc1cccc(NCc2ncncc2C(=O)O)c1C#N. The Labute approximate surface area is 115 Å². The minimum absolute atomic E-state index is 0.0474. The van der Waals surface area contributed by atoms with Crippen molar-refractivity contribution in [2.24, 2.45) is 0 Å². The molecule has 0 unspecified atom stereocenters. The molecule has 0 amide bonds. The van der Waals surface area contributed by atoms with Crippen molar-refractivity contribution < 1.29 is 9.90 Å². The molecule has 100 valence electrons. The van der Waals surface area contributed by atoms with Crippen LogP contribution >= 0.6 is 0 Å².